The molecular formula is C13H7ClF3OS. The maximum absolute atomic E-state index is 12.2. The molecule has 0 unspecified atom stereocenters. The summed E-state index contributed by atoms with van der Waals surface area (Å²) in [6.45, 7) is 0. The molecule has 0 saturated heterocycles. The zero-order valence-electron chi connectivity index (χ0n) is 9.37. The van der Waals surface area contributed by atoms with Gasteiger partial charge in [-0.2, -0.15) is 13.2 Å². The van der Waals surface area contributed by atoms with Gasteiger partial charge in [-0.3, -0.25) is 0 Å². The maximum Gasteiger partial charge on any atom is 0.446 e. The first-order valence-corrected chi connectivity index (χ1v) is 6.33. The lowest BCUT2D eigenvalue weighted by Crippen LogP contribution is -1.98. The predicted octanol–water partition coefficient (Wildman–Crippen LogP) is 5.54. The minimum absolute atomic E-state index is 0.104. The Kier molecular flexibility index (Phi) is 4.27. The number of thioether (sulfide) groups is 1. The van der Waals surface area contributed by atoms with E-state index in [1.54, 1.807) is 18.2 Å². The average Bonchev–Trinajstić information content (AvgIpc) is 2.33. The molecule has 99 valence electrons. The first-order valence-electron chi connectivity index (χ1n) is 5.13. The Morgan fingerprint density at radius 3 is 2.37 bits per heavy atom. The first-order chi connectivity index (χ1) is 8.94. The van der Waals surface area contributed by atoms with Crippen molar-refractivity contribution in [1.29, 1.82) is 0 Å². The minimum Gasteiger partial charge on any atom is -0.456 e. The second-order valence-electron chi connectivity index (χ2n) is 3.48. The Balaban J connectivity index is 2.09. The number of alkyl halides is 3. The topological polar surface area (TPSA) is 9.23 Å². The molecule has 1 nitrogen and oxygen atoms in total. The zero-order chi connectivity index (χ0) is 13.9. The molecule has 2 aromatic rings. The van der Waals surface area contributed by atoms with Crippen molar-refractivity contribution in [2.75, 3.05) is 0 Å². The predicted molar refractivity (Wildman–Crippen MR) is 68.7 cm³/mol. The van der Waals surface area contributed by atoms with Gasteiger partial charge in [0.25, 0.3) is 0 Å². The van der Waals surface area contributed by atoms with E-state index in [0.29, 0.717) is 16.5 Å². The molecule has 0 N–H and O–H groups in total. The third-order valence-electron chi connectivity index (χ3n) is 2.06. The van der Waals surface area contributed by atoms with Gasteiger partial charge in [-0.15, -0.1) is 0 Å². The van der Waals surface area contributed by atoms with Gasteiger partial charge in [-0.1, -0.05) is 17.7 Å². The van der Waals surface area contributed by atoms with Crippen molar-refractivity contribution in [3.63, 3.8) is 0 Å². The number of rotatable bonds is 3. The Labute approximate surface area is 117 Å². The smallest absolute Gasteiger partial charge is 0.446 e. The Morgan fingerprint density at radius 1 is 1.11 bits per heavy atom. The van der Waals surface area contributed by atoms with Crippen LogP contribution in [0.25, 0.3) is 0 Å². The number of hydrogen-bond donors (Lipinski definition) is 0. The molecule has 0 spiro atoms. The number of ether oxygens (including phenoxy) is 1. The van der Waals surface area contributed by atoms with E-state index in [2.05, 4.69) is 6.07 Å². The monoisotopic (exact) mass is 303 g/mol. The Morgan fingerprint density at radius 2 is 1.79 bits per heavy atom. The van der Waals surface area contributed by atoms with Gasteiger partial charge in [0.2, 0.25) is 0 Å². The van der Waals surface area contributed by atoms with Gasteiger partial charge in [0, 0.05) is 4.90 Å². The molecule has 2 rings (SSSR count). The van der Waals surface area contributed by atoms with Crippen molar-refractivity contribution in [3.8, 4) is 11.5 Å². The molecule has 0 saturated carbocycles. The summed E-state index contributed by atoms with van der Waals surface area (Å²) in [6, 6.07) is 13.2. The molecule has 0 aliphatic rings. The SMILES string of the molecule is FC(F)(F)Sc1ccc(Oc2cc[c]cc2Cl)cc1. The van der Waals surface area contributed by atoms with Gasteiger partial charge in [-0.05, 0) is 54.2 Å². The van der Waals surface area contributed by atoms with E-state index in [-0.39, 0.29) is 16.7 Å². The molecule has 0 bridgehead atoms. The van der Waals surface area contributed by atoms with Crippen molar-refractivity contribution in [2.45, 2.75) is 10.4 Å². The highest BCUT2D eigenvalue weighted by Gasteiger charge is 2.29. The molecule has 2 aromatic carbocycles. The van der Waals surface area contributed by atoms with E-state index in [1.807, 2.05) is 0 Å². The van der Waals surface area contributed by atoms with Crippen molar-refractivity contribution in [3.05, 3.63) is 53.6 Å². The van der Waals surface area contributed by atoms with Crippen LogP contribution in [0.4, 0.5) is 13.2 Å². The van der Waals surface area contributed by atoms with E-state index in [9.17, 15) is 13.2 Å². The fourth-order valence-electron chi connectivity index (χ4n) is 1.31. The number of benzene rings is 2. The minimum atomic E-state index is -4.29. The van der Waals surface area contributed by atoms with E-state index in [4.69, 9.17) is 16.3 Å². The van der Waals surface area contributed by atoms with Gasteiger partial charge in [0.05, 0.1) is 5.02 Å². The van der Waals surface area contributed by atoms with Crippen molar-refractivity contribution in [2.24, 2.45) is 0 Å². The lowest BCUT2D eigenvalue weighted by atomic mass is 10.3. The van der Waals surface area contributed by atoms with Crippen LogP contribution in [0, 0.1) is 6.07 Å². The molecule has 0 aromatic heterocycles. The van der Waals surface area contributed by atoms with Gasteiger partial charge in [0.1, 0.15) is 11.5 Å². The third kappa shape index (κ3) is 4.36. The molecule has 0 aliphatic carbocycles. The lowest BCUT2D eigenvalue weighted by Gasteiger charge is -2.09. The maximum atomic E-state index is 12.2. The van der Waals surface area contributed by atoms with Gasteiger partial charge < -0.3 is 4.74 Å². The molecule has 0 amide bonds. The zero-order valence-corrected chi connectivity index (χ0v) is 10.9. The fraction of sp³-hybridized carbons (Fsp3) is 0.0769. The fourth-order valence-corrected chi connectivity index (χ4v) is 2.02. The van der Waals surface area contributed by atoms with Gasteiger partial charge in [-0.25, -0.2) is 0 Å². The molecule has 0 fully saturated rings. The average molecular weight is 304 g/mol. The van der Waals surface area contributed by atoms with E-state index >= 15 is 0 Å². The molecule has 0 atom stereocenters. The largest absolute Gasteiger partial charge is 0.456 e. The van der Waals surface area contributed by atoms with E-state index in [1.165, 1.54) is 24.3 Å². The second kappa shape index (κ2) is 5.75. The summed E-state index contributed by atoms with van der Waals surface area (Å²) in [5, 5.41) is 0.385. The van der Waals surface area contributed by atoms with Crippen LogP contribution in [0.2, 0.25) is 5.02 Å². The lowest BCUT2D eigenvalue weighted by molar-refractivity contribution is -0.0328. The van der Waals surface area contributed by atoms with Crippen LogP contribution in [0.1, 0.15) is 0 Å². The van der Waals surface area contributed by atoms with E-state index < -0.39 is 5.51 Å². The highest BCUT2D eigenvalue weighted by atomic mass is 35.5. The van der Waals surface area contributed by atoms with Crippen LogP contribution in [0.5, 0.6) is 11.5 Å². The van der Waals surface area contributed by atoms with Crippen LogP contribution in [0.3, 0.4) is 0 Å². The molecule has 0 heterocycles. The normalized spacial score (nSPS) is 11.4. The Bertz CT molecular complexity index is 555. The Hall–Kier alpha value is -1.33. The number of hydrogen-bond acceptors (Lipinski definition) is 2. The number of halogens is 4. The molecule has 6 heteroatoms. The third-order valence-corrected chi connectivity index (χ3v) is 3.10. The van der Waals surface area contributed by atoms with Crippen molar-refractivity contribution >= 4 is 23.4 Å². The van der Waals surface area contributed by atoms with Crippen molar-refractivity contribution < 1.29 is 17.9 Å². The van der Waals surface area contributed by atoms with Crippen LogP contribution >= 0.6 is 23.4 Å². The second-order valence-corrected chi connectivity index (χ2v) is 5.02. The van der Waals surface area contributed by atoms with Crippen molar-refractivity contribution in [1.82, 2.24) is 0 Å². The highest BCUT2D eigenvalue weighted by molar-refractivity contribution is 8.00. The summed E-state index contributed by atoms with van der Waals surface area (Å²) in [4.78, 5) is 0.104. The van der Waals surface area contributed by atoms with Gasteiger partial charge >= 0.3 is 5.51 Å². The summed E-state index contributed by atoms with van der Waals surface area (Å²) >= 11 is 5.72. The molecular weight excluding hydrogens is 297 g/mol. The summed E-state index contributed by atoms with van der Waals surface area (Å²) in [5.41, 5.74) is -4.29. The summed E-state index contributed by atoms with van der Waals surface area (Å²) in [5.74, 6) is 0.844. The quantitative estimate of drug-likeness (QED) is 0.688. The molecule has 1 radical (unpaired) electrons. The van der Waals surface area contributed by atoms with Crippen LogP contribution in [0.15, 0.2) is 47.4 Å². The highest BCUT2D eigenvalue weighted by Crippen LogP contribution is 2.38. The molecule has 0 aliphatic heterocycles. The van der Waals surface area contributed by atoms with Crippen LogP contribution in [-0.2, 0) is 0 Å². The summed E-state index contributed by atoms with van der Waals surface area (Å²) in [7, 11) is 0. The van der Waals surface area contributed by atoms with Gasteiger partial charge in [0.15, 0.2) is 0 Å². The first kappa shape index (κ1) is 14.1. The summed E-state index contributed by atoms with van der Waals surface area (Å²) in [6.07, 6.45) is 0. The van der Waals surface area contributed by atoms with Crippen LogP contribution < -0.4 is 4.74 Å². The van der Waals surface area contributed by atoms with E-state index in [0.717, 1.165) is 0 Å². The standard InChI is InChI=1S/C13H7ClF3OS/c14-11-3-1-2-4-12(11)18-9-5-7-10(8-6-9)19-13(15,16)17/h2-8H. The van der Waals surface area contributed by atoms with Crippen LogP contribution in [-0.4, -0.2) is 5.51 Å². The summed E-state index contributed by atoms with van der Waals surface area (Å²) < 4.78 is 41.9. The molecule has 19 heavy (non-hydrogen) atoms.